The predicted octanol–water partition coefficient (Wildman–Crippen LogP) is 2.50. The zero-order chi connectivity index (χ0) is 16.8. The van der Waals surface area contributed by atoms with E-state index in [1.165, 1.54) is 30.4 Å². The lowest BCUT2D eigenvalue weighted by atomic mass is 10.1. The number of nitrogens with one attached hydrogen (secondary N) is 2. The Morgan fingerprint density at radius 2 is 1.91 bits per heavy atom. The molecule has 0 saturated carbocycles. The van der Waals surface area contributed by atoms with Crippen molar-refractivity contribution in [1.82, 2.24) is 10.9 Å². The molecule has 0 radical (unpaired) electrons. The van der Waals surface area contributed by atoms with Crippen LogP contribution in [0.2, 0.25) is 0 Å². The lowest BCUT2D eigenvalue weighted by molar-refractivity contribution is -0.384. The van der Waals surface area contributed by atoms with Gasteiger partial charge in [0.15, 0.2) is 0 Å². The number of carbonyl (C=O) groups excluding carboxylic acids is 2. The first-order chi connectivity index (χ1) is 11.0. The number of hydrogen-bond donors (Lipinski definition) is 2. The highest BCUT2D eigenvalue weighted by atomic mass is 32.1. The number of hydrogen-bond acceptors (Lipinski definition) is 5. The van der Waals surface area contributed by atoms with Gasteiger partial charge in [0.25, 0.3) is 11.6 Å². The molecule has 23 heavy (non-hydrogen) atoms. The van der Waals surface area contributed by atoms with Gasteiger partial charge in [0.1, 0.15) is 0 Å². The molecular weight excluding hydrogens is 318 g/mol. The van der Waals surface area contributed by atoms with Crippen molar-refractivity contribution in [3.05, 3.63) is 57.5 Å². The molecule has 0 aliphatic carbocycles. The highest BCUT2D eigenvalue weighted by molar-refractivity contribution is 7.16. The summed E-state index contributed by atoms with van der Waals surface area (Å²) in [5.74, 6) is -0.845. The summed E-state index contributed by atoms with van der Waals surface area (Å²) in [6.45, 7) is 1.28. The van der Waals surface area contributed by atoms with Gasteiger partial charge in [0.2, 0.25) is 5.91 Å². The lowest BCUT2D eigenvalue weighted by Crippen LogP contribution is -2.39. The van der Waals surface area contributed by atoms with E-state index in [4.69, 9.17) is 0 Å². The molecule has 0 atom stereocenters. The van der Waals surface area contributed by atoms with Gasteiger partial charge in [-0.05, 0) is 24.3 Å². The average Bonchev–Trinajstić information content (AvgIpc) is 2.99. The Hall–Kier alpha value is -3.00. The number of amides is 2. The van der Waals surface area contributed by atoms with Crippen LogP contribution in [0.25, 0.3) is 16.5 Å². The summed E-state index contributed by atoms with van der Waals surface area (Å²) in [4.78, 5) is 34.2. The molecule has 7 nitrogen and oxygen atoms in total. The first-order valence-electron chi connectivity index (χ1n) is 6.55. The van der Waals surface area contributed by atoms with Gasteiger partial charge in [-0.1, -0.05) is 12.1 Å². The molecule has 0 fully saturated rings. The second-order valence-electron chi connectivity index (χ2n) is 4.48. The third-order valence-electron chi connectivity index (χ3n) is 2.75. The van der Waals surface area contributed by atoms with Crippen molar-refractivity contribution >= 4 is 34.9 Å². The summed E-state index contributed by atoms with van der Waals surface area (Å²) < 4.78 is 0. The summed E-state index contributed by atoms with van der Waals surface area (Å²) in [6.07, 6.45) is 2.84. The Morgan fingerprint density at radius 1 is 1.17 bits per heavy atom. The fourth-order valence-electron chi connectivity index (χ4n) is 1.78. The smallest absolute Gasteiger partial charge is 0.274 e. The molecule has 1 aromatic carbocycles. The quantitative estimate of drug-likeness (QED) is 0.510. The number of rotatable bonds is 4. The number of nitrogens with zero attached hydrogens (tertiary/aromatic N) is 1. The molecule has 2 N–H and O–H groups in total. The minimum absolute atomic E-state index is 0.0354. The summed E-state index contributed by atoms with van der Waals surface area (Å²) >= 11 is 1.33. The van der Waals surface area contributed by atoms with E-state index in [1.807, 2.05) is 0 Å². The van der Waals surface area contributed by atoms with Crippen molar-refractivity contribution in [3.8, 4) is 10.4 Å². The molecule has 0 aliphatic heterocycles. The largest absolute Gasteiger partial charge is 0.278 e. The number of nitro groups is 1. The van der Waals surface area contributed by atoms with E-state index in [1.54, 1.807) is 36.4 Å². The Bertz CT molecular complexity index is 783. The molecule has 118 valence electrons. The van der Waals surface area contributed by atoms with Crippen molar-refractivity contribution in [2.24, 2.45) is 0 Å². The standard InChI is InChI=1S/C15H13N3O4S/c1-10(19)16-17-15(20)9-7-11-6-8-14(23-11)12-4-2-3-5-13(12)18(21)22/h2-9H,1H3,(H,16,19)(H,17,20)/b9-7+. The molecule has 0 aliphatic rings. The van der Waals surface area contributed by atoms with Crippen LogP contribution in [0.4, 0.5) is 5.69 Å². The number of nitro benzene ring substituents is 1. The van der Waals surface area contributed by atoms with Crippen LogP contribution in [0.15, 0.2) is 42.5 Å². The lowest BCUT2D eigenvalue weighted by Gasteiger charge is -2.00. The van der Waals surface area contributed by atoms with Gasteiger partial charge in [-0.15, -0.1) is 11.3 Å². The highest BCUT2D eigenvalue weighted by Gasteiger charge is 2.15. The molecule has 0 saturated heterocycles. The normalized spacial score (nSPS) is 10.5. The average molecular weight is 331 g/mol. The van der Waals surface area contributed by atoms with E-state index in [0.29, 0.717) is 5.56 Å². The number of thiophene rings is 1. The first kappa shape index (κ1) is 16.4. The summed E-state index contributed by atoms with van der Waals surface area (Å²) in [7, 11) is 0. The summed E-state index contributed by atoms with van der Waals surface area (Å²) in [5, 5.41) is 11.1. The molecule has 0 bridgehead atoms. The number of benzene rings is 1. The molecule has 0 spiro atoms. The molecule has 0 unspecified atom stereocenters. The van der Waals surface area contributed by atoms with Crippen LogP contribution in [-0.4, -0.2) is 16.7 Å². The van der Waals surface area contributed by atoms with E-state index < -0.39 is 10.8 Å². The fraction of sp³-hybridized carbons (Fsp3) is 0.0667. The van der Waals surface area contributed by atoms with Gasteiger partial charge in [-0.2, -0.15) is 0 Å². The van der Waals surface area contributed by atoms with Crippen LogP contribution in [0.5, 0.6) is 0 Å². The van der Waals surface area contributed by atoms with Crippen LogP contribution in [0.1, 0.15) is 11.8 Å². The Morgan fingerprint density at radius 3 is 2.61 bits per heavy atom. The van der Waals surface area contributed by atoms with Gasteiger partial charge >= 0.3 is 0 Å². The van der Waals surface area contributed by atoms with Crippen molar-refractivity contribution in [1.29, 1.82) is 0 Å². The van der Waals surface area contributed by atoms with Gasteiger partial charge in [-0.3, -0.25) is 30.6 Å². The van der Waals surface area contributed by atoms with Crippen molar-refractivity contribution in [3.63, 3.8) is 0 Å². The summed E-state index contributed by atoms with van der Waals surface area (Å²) in [5.41, 5.74) is 4.94. The van der Waals surface area contributed by atoms with E-state index >= 15 is 0 Å². The van der Waals surface area contributed by atoms with Gasteiger partial charge in [0, 0.05) is 28.8 Å². The van der Waals surface area contributed by atoms with Crippen LogP contribution < -0.4 is 10.9 Å². The van der Waals surface area contributed by atoms with Crippen molar-refractivity contribution in [2.75, 3.05) is 0 Å². The fourth-order valence-corrected chi connectivity index (χ4v) is 2.72. The highest BCUT2D eigenvalue weighted by Crippen LogP contribution is 2.34. The van der Waals surface area contributed by atoms with Gasteiger partial charge in [0.05, 0.1) is 10.5 Å². The molecule has 1 heterocycles. The van der Waals surface area contributed by atoms with Crippen LogP contribution >= 0.6 is 11.3 Å². The maximum atomic E-state index is 11.4. The zero-order valence-corrected chi connectivity index (χ0v) is 12.9. The molecule has 8 heteroatoms. The van der Waals surface area contributed by atoms with E-state index in [9.17, 15) is 19.7 Å². The van der Waals surface area contributed by atoms with Gasteiger partial charge in [-0.25, -0.2) is 0 Å². The minimum Gasteiger partial charge on any atom is -0.274 e. The molecule has 2 amide bonds. The van der Waals surface area contributed by atoms with Crippen LogP contribution in [-0.2, 0) is 9.59 Å². The van der Waals surface area contributed by atoms with E-state index in [-0.39, 0.29) is 11.6 Å². The Balaban J connectivity index is 2.14. The first-order valence-corrected chi connectivity index (χ1v) is 7.37. The second-order valence-corrected chi connectivity index (χ2v) is 5.60. The monoisotopic (exact) mass is 331 g/mol. The van der Waals surface area contributed by atoms with E-state index in [2.05, 4.69) is 10.9 Å². The second kappa shape index (κ2) is 7.32. The maximum absolute atomic E-state index is 11.4. The molecular formula is C15H13N3O4S. The van der Waals surface area contributed by atoms with Crippen molar-refractivity contribution < 1.29 is 14.5 Å². The van der Waals surface area contributed by atoms with Crippen LogP contribution in [0.3, 0.4) is 0 Å². The minimum atomic E-state index is -0.471. The number of hydrazine groups is 1. The van der Waals surface area contributed by atoms with Crippen molar-refractivity contribution in [2.45, 2.75) is 6.92 Å². The molecule has 1 aromatic heterocycles. The van der Waals surface area contributed by atoms with Crippen LogP contribution in [0, 0.1) is 10.1 Å². The van der Waals surface area contributed by atoms with Gasteiger partial charge < -0.3 is 0 Å². The SMILES string of the molecule is CC(=O)NNC(=O)/C=C/c1ccc(-c2ccccc2[N+](=O)[O-])s1. The molecule has 2 rings (SSSR count). The van der Waals surface area contributed by atoms with E-state index in [0.717, 1.165) is 9.75 Å². The molecule has 2 aromatic rings. The summed E-state index contributed by atoms with van der Waals surface area (Å²) in [6, 6.07) is 10.0. The Kier molecular flexibility index (Phi) is 5.21. The Labute approximate surface area is 135 Å². The topological polar surface area (TPSA) is 101 Å². The maximum Gasteiger partial charge on any atom is 0.278 e. The third-order valence-corrected chi connectivity index (χ3v) is 3.84. The number of carbonyl (C=O) groups is 2. The number of para-hydroxylation sites is 1. The third kappa shape index (κ3) is 4.48. The zero-order valence-electron chi connectivity index (χ0n) is 12.1. The predicted molar refractivity (Wildman–Crippen MR) is 87.4 cm³/mol.